The monoisotopic (exact) mass is 352 g/mol. The van der Waals surface area contributed by atoms with Crippen LogP contribution in [0.4, 0.5) is 0 Å². The summed E-state index contributed by atoms with van der Waals surface area (Å²) in [5, 5.41) is 6.85. The van der Waals surface area contributed by atoms with E-state index >= 15 is 0 Å². The topological polar surface area (TPSA) is 24.9 Å². The summed E-state index contributed by atoms with van der Waals surface area (Å²) in [6, 6.07) is 8.63. The maximum Gasteiger partial charge on any atom is 0.107 e. The van der Waals surface area contributed by atoms with Crippen molar-refractivity contribution in [3.05, 3.63) is 50.4 Å². The van der Waals surface area contributed by atoms with Gasteiger partial charge in [0.2, 0.25) is 0 Å². The summed E-state index contributed by atoms with van der Waals surface area (Å²) in [5.74, 6) is 0. The normalized spacial score (nSPS) is 13.4. The summed E-state index contributed by atoms with van der Waals surface area (Å²) < 4.78 is 1.15. The van der Waals surface area contributed by atoms with E-state index in [1.165, 1.54) is 11.3 Å². The Hall–Kier alpha value is -0.710. The quantitative estimate of drug-likeness (QED) is 0.832. The molecule has 1 aromatic heterocycles. The molecule has 108 valence electrons. The lowest BCUT2D eigenvalue weighted by Gasteiger charge is -2.15. The third-order valence-electron chi connectivity index (χ3n) is 3.25. The van der Waals surface area contributed by atoms with Gasteiger partial charge >= 0.3 is 0 Å². The molecule has 0 aliphatic carbocycles. The molecule has 0 amide bonds. The molecule has 0 unspecified atom stereocenters. The van der Waals surface area contributed by atoms with Crippen LogP contribution in [0.15, 0.2) is 34.1 Å². The van der Waals surface area contributed by atoms with Gasteiger partial charge in [-0.1, -0.05) is 54.9 Å². The summed E-state index contributed by atoms with van der Waals surface area (Å²) in [7, 11) is 0. The van der Waals surface area contributed by atoms with Gasteiger partial charge in [-0.25, -0.2) is 4.98 Å². The highest BCUT2D eigenvalue weighted by atomic mass is 79.9. The fraction of sp³-hybridized carbons (Fsp3) is 0.438. The molecule has 1 N–H and O–H groups in total. The number of halogens is 1. The molecular weight excluding hydrogens is 332 g/mol. The first-order valence-electron chi connectivity index (χ1n) is 6.80. The van der Waals surface area contributed by atoms with Crippen molar-refractivity contribution in [1.82, 2.24) is 10.3 Å². The lowest BCUT2D eigenvalue weighted by molar-refractivity contribution is 0.553. The Morgan fingerprint density at radius 2 is 2.00 bits per heavy atom. The van der Waals surface area contributed by atoms with Crippen molar-refractivity contribution in [2.45, 2.75) is 45.7 Å². The highest BCUT2D eigenvalue weighted by Gasteiger charge is 2.17. The second kappa shape index (κ2) is 6.37. The molecule has 0 bridgehead atoms. The number of hydrogen-bond donors (Lipinski definition) is 1. The van der Waals surface area contributed by atoms with E-state index in [9.17, 15) is 0 Å². The summed E-state index contributed by atoms with van der Waals surface area (Å²) in [6.07, 6.45) is 0. The summed E-state index contributed by atoms with van der Waals surface area (Å²) in [5.41, 5.74) is 2.58. The van der Waals surface area contributed by atoms with Gasteiger partial charge in [0, 0.05) is 27.9 Å². The zero-order valence-corrected chi connectivity index (χ0v) is 14.8. The summed E-state index contributed by atoms with van der Waals surface area (Å²) in [6.45, 7) is 9.58. The van der Waals surface area contributed by atoms with E-state index in [0.717, 1.165) is 16.0 Å². The molecule has 0 saturated carbocycles. The predicted octanol–water partition coefficient (Wildman–Crippen LogP) is 5.05. The second-order valence-electron chi connectivity index (χ2n) is 6.00. The van der Waals surface area contributed by atoms with Crippen molar-refractivity contribution in [3.63, 3.8) is 0 Å². The lowest BCUT2D eigenvalue weighted by Crippen LogP contribution is -2.19. The molecule has 2 rings (SSSR count). The zero-order valence-electron chi connectivity index (χ0n) is 12.4. The van der Waals surface area contributed by atoms with Crippen molar-refractivity contribution in [1.29, 1.82) is 0 Å². The van der Waals surface area contributed by atoms with E-state index in [0.29, 0.717) is 6.04 Å². The molecule has 0 fully saturated rings. The molecule has 2 aromatic rings. The second-order valence-corrected chi connectivity index (χ2v) is 7.80. The molecular formula is C16H21BrN2S. The van der Waals surface area contributed by atoms with E-state index < -0.39 is 0 Å². The first-order valence-corrected chi connectivity index (χ1v) is 8.48. The molecule has 4 heteroatoms. The smallest absolute Gasteiger partial charge is 0.107 e. The zero-order chi connectivity index (χ0) is 14.8. The lowest BCUT2D eigenvalue weighted by atomic mass is 9.93. The number of rotatable bonds is 4. The molecule has 20 heavy (non-hydrogen) atoms. The molecule has 0 aliphatic rings. The number of nitrogens with one attached hydrogen (secondary N) is 1. The van der Waals surface area contributed by atoms with Gasteiger partial charge in [0.25, 0.3) is 0 Å². The van der Waals surface area contributed by atoms with Gasteiger partial charge < -0.3 is 5.32 Å². The third kappa shape index (κ3) is 3.90. The van der Waals surface area contributed by atoms with Gasteiger partial charge in [-0.2, -0.15) is 0 Å². The predicted molar refractivity (Wildman–Crippen MR) is 90.2 cm³/mol. The third-order valence-corrected chi connectivity index (χ3v) is 4.82. The van der Waals surface area contributed by atoms with Crippen molar-refractivity contribution >= 4 is 27.3 Å². The van der Waals surface area contributed by atoms with E-state index in [1.807, 2.05) is 6.07 Å². The highest BCUT2D eigenvalue weighted by Crippen LogP contribution is 2.25. The van der Waals surface area contributed by atoms with Crippen LogP contribution in [0.2, 0.25) is 0 Å². The first-order chi connectivity index (χ1) is 9.38. The molecule has 1 aromatic carbocycles. The maximum atomic E-state index is 4.71. The van der Waals surface area contributed by atoms with Crippen molar-refractivity contribution in [2.75, 3.05) is 0 Å². The number of nitrogens with zero attached hydrogens (tertiary/aromatic N) is 1. The van der Waals surface area contributed by atoms with Gasteiger partial charge in [0.05, 0.1) is 5.69 Å². The molecule has 0 aliphatic heterocycles. The molecule has 0 radical (unpaired) electrons. The van der Waals surface area contributed by atoms with Crippen LogP contribution in [0.3, 0.4) is 0 Å². The van der Waals surface area contributed by atoms with Crippen LogP contribution in [0.5, 0.6) is 0 Å². The minimum atomic E-state index is 0.128. The Morgan fingerprint density at radius 1 is 1.30 bits per heavy atom. The van der Waals surface area contributed by atoms with Gasteiger partial charge in [-0.05, 0) is 18.6 Å². The van der Waals surface area contributed by atoms with Crippen LogP contribution in [0.25, 0.3) is 0 Å². The standard InChI is InChI=1S/C16H21BrN2S/c1-11(12-7-5-6-8-13(12)17)18-9-15-19-14(10-20-15)16(2,3)4/h5-8,10-11,18H,9H2,1-4H3/t11-/m0/s1. The van der Waals surface area contributed by atoms with Crippen LogP contribution in [0, 0.1) is 0 Å². The molecule has 1 heterocycles. The van der Waals surface area contributed by atoms with Gasteiger partial charge in [-0.15, -0.1) is 11.3 Å². The Morgan fingerprint density at radius 3 is 2.60 bits per heavy atom. The highest BCUT2D eigenvalue weighted by molar-refractivity contribution is 9.10. The minimum absolute atomic E-state index is 0.128. The van der Waals surface area contributed by atoms with Gasteiger partial charge in [0.1, 0.15) is 5.01 Å². The van der Waals surface area contributed by atoms with Gasteiger partial charge in [0.15, 0.2) is 0 Å². The Balaban J connectivity index is 1.99. The van der Waals surface area contributed by atoms with Crippen LogP contribution < -0.4 is 5.32 Å². The number of thiazole rings is 1. The van der Waals surface area contributed by atoms with Crippen LogP contribution >= 0.6 is 27.3 Å². The SMILES string of the molecule is C[C@H](NCc1nc(C(C)(C)C)cs1)c1ccccc1Br. The number of benzene rings is 1. The van der Waals surface area contributed by atoms with E-state index in [-0.39, 0.29) is 5.41 Å². The van der Waals surface area contributed by atoms with E-state index in [1.54, 1.807) is 11.3 Å². The fourth-order valence-corrected chi connectivity index (χ4v) is 3.51. The Labute approximate surface area is 133 Å². The van der Waals surface area contributed by atoms with Crippen molar-refractivity contribution < 1.29 is 0 Å². The maximum absolute atomic E-state index is 4.71. The fourth-order valence-electron chi connectivity index (χ4n) is 1.91. The molecule has 1 atom stereocenters. The minimum Gasteiger partial charge on any atom is -0.304 e. The Kier molecular flexibility index (Phi) is 4.99. The average molecular weight is 353 g/mol. The molecule has 0 saturated heterocycles. The Bertz CT molecular complexity index is 572. The van der Waals surface area contributed by atoms with Crippen LogP contribution in [-0.4, -0.2) is 4.98 Å². The average Bonchev–Trinajstić information content (AvgIpc) is 2.85. The van der Waals surface area contributed by atoms with Gasteiger partial charge in [-0.3, -0.25) is 0 Å². The summed E-state index contributed by atoms with van der Waals surface area (Å²) >= 11 is 5.33. The number of hydrogen-bond acceptors (Lipinski definition) is 3. The largest absolute Gasteiger partial charge is 0.304 e. The van der Waals surface area contributed by atoms with Crippen LogP contribution in [-0.2, 0) is 12.0 Å². The first kappa shape index (κ1) is 15.7. The van der Waals surface area contributed by atoms with Crippen molar-refractivity contribution in [3.8, 4) is 0 Å². The molecule has 2 nitrogen and oxygen atoms in total. The molecule has 0 spiro atoms. The van der Waals surface area contributed by atoms with E-state index in [2.05, 4.69) is 72.5 Å². The summed E-state index contributed by atoms with van der Waals surface area (Å²) in [4.78, 5) is 4.71. The van der Waals surface area contributed by atoms with Crippen LogP contribution in [0.1, 0.15) is 50.0 Å². The van der Waals surface area contributed by atoms with Crippen molar-refractivity contribution in [2.24, 2.45) is 0 Å². The number of aromatic nitrogens is 1. The van der Waals surface area contributed by atoms with E-state index in [4.69, 9.17) is 4.98 Å².